The molecule has 17 heavy (non-hydrogen) atoms. The number of aromatic amines is 1. The van der Waals surface area contributed by atoms with Crippen molar-refractivity contribution in [1.29, 1.82) is 0 Å². The Morgan fingerprint density at radius 3 is 2.94 bits per heavy atom. The summed E-state index contributed by atoms with van der Waals surface area (Å²) in [6.45, 7) is 0. The van der Waals surface area contributed by atoms with Crippen LogP contribution in [-0.4, -0.2) is 14.6 Å². The van der Waals surface area contributed by atoms with E-state index in [4.69, 9.17) is 12.2 Å². The van der Waals surface area contributed by atoms with Gasteiger partial charge in [0.15, 0.2) is 4.77 Å². The fraction of sp³-hybridized carbons (Fsp3) is 0. The molecule has 0 saturated heterocycles. The van der Waals surface area contributed by atoms with Gasteiger partial charge in [0.2, 0.25) is 0 Å². The lowest BCUT2D eigenvalue weighted by Gasteiger charge is -2.04. The van der Waals surface area contributed by atoms with Crippen LogP contribution in [0.5, 0.6) is 0 Å². The number of hydrogen-bond donors (Lipinski definition) is 1. The lowest BCUT2D eigenvalue weighted by Crippen LogP contribution is -1.94. The molecular formula is C12H8BrN3S. The van der Waals surface area contributed by atoms with Crippen molar-refractivity contribution in [3.8, 4) is 11.3 Å². The van der Waals surface area contributed by atoms with Crippen LogP contribution in [0.4, 0.5) is 0 Å². The molecule has 0 aliphatic heterocycles. The van der Waals surface area contributed by atoms with E-state index >= 15 is 0 Å². The number of benzene rings is 1. The summed E-state index contributed by atoms with van der Waals surface area (Å²) in [7, 11) is 0. The third-order valence-corrected chi connectivity index (χ3v) is 3.30. The molecule has 0 aliphatic carbocycles. The molecule has 0 saturated carbocycles. The van der Waals surface area contributed by atoms with Crippen LogP contribution in [0, 0.1) is 4.77 Å². The highest BCUT2D eigenvalue weighted by molar-refractivity contribution is 9.10. The summed E-state index contributed by atoms with van der Waals surface area (Å²) in [6, 6.07) is 12.0. The van der Waals surface area contributed by atoms with E-state index in [9.17, 15) is 0 Å². The highest BCUT2D eigenvalue weighted by atomic mass is 79.9. The standard InChI is InChI=1S/C12H8BrN3S/c13-9-3-1-2-8(6-9)11-7-10-4-5-14-16(10)12(17)15-11/h1-7H,(H,15,17). The van der Waals surface area contributed by atoms with Crippen molar-refractivity contribution in [3.63, 3.8) is 0 Å². The molecule has 0 aliphatic rings. The third kappa shape index (κ3) is 1.92. The molecule has 0 bridgehead atoms. The van der Waals surface area contributed by atoms with Gasteiger partial charge in [-0.05, 0) is 42.0 Å². The van der Waals surface area contributed by atoms with Crippen molar-refractivity contribution in [1.82, 2.24) is 14.6 Å². The topological polar surface area (TPSA) is 33.1 Å². The average Bonchev–Trinajstić information content (AvgIpc) is 2.77. The number of nitrogens with zero attached hydrogens (tertiary/aromatic N) is 2. The second kappa shape index (κ2) is 4.09. The Hall–Kier alpha value is -1.46. The molecule has 0 fully saturated rings. The van der Waals surface area contributed by atoms with Gasteiger partial charge < -0.3 is 4.98 Å². The first-order valence-corrected chi connectivity index (χ1v) is 6.27. The zero-order valence-electron chi connectivity index (χ0n) is 8.72. The number of aromatic nitrogens is 3. The van der Waals surface area contributed by atoms with Gasteiger partial charge in [0.1, 0.15) is 0 Å². The second-order valence-corrected chi connectivity index (χ2v) is 4.97. The molecule has 84 valence electrons. The van der Waals surface area contributed by atoms with Gasteiger partial charge in [0.25, 0.3) is 0 Å². The molecule has 1 aromatic carbocycles. The van der Waals surface area contributed by atoms with Gasteiger partial charge >= 0.3 is 0 Å². The maximum absolute atomic E-state index is 5.26. The normalized spacial score (nSPS) is 10.9. The molecular weight excluding hydrogens is 298 g/mol. The number of nitrogens with one attached hydrogen (secondary N) is 1. The first kappa shape index (κ1) is 10.7. The highest BCUT2D eigenvalue weighted by Gasteiger charge is 2.02. The molecule has 0 amide bonds. The summed E-state index contributed by atoms with van der Waals surface area (Å²) in [5.74, 6) is 0. The van der Waals surface area contributed by atoms with Crippen LogP contribution >= 0.6 is 28.1 Å². The fourth-order valence-corrected chi connectivity index (χ4v) is 2.42. The Bertz CT molecular complexity index is 745. The quantitative estimate of drug-likeness (QED) is 0.693. The zero-order chi connectivity index (χ0) is 11.8. The monoisotopic (exact) mass is 305 g/mol. The van der Waals surface area contributed by atoms with Crippen LogP contribution in [-0.2, 0) is 0 Å². The minimum Gasteiger partial charge on any atom is -0.330 e. The molecule has 3 rings (SSSR count). The van der Waals surface area contributed by atoms with E-state index < -0.39 is 0 Å². The minimum absolute atomic E-state index is 0.600. The number of hydrogen-bond acceptors (Lipinski definition) is 2. The van der Waals surface area contributed by atoms with Gasteiger partial charge in [-0.2, -0.15) is 5.10 Å². The van der Waals surface area contributed by atoms with Crippen molar-refractivity contribution in [2.24, 2.45) is 0 Å². The predicted octanol–water partition coefficient (Wildman–Crippen LogP) is 3.82. The summed E-state index contributed by atoms with van der Waals surface area (Å²) in [5, 5.41) is 4.14. The van der Waals surface area contributed by atoms with Gasteiger partial charge in [0.05, 0.1) is 11.7 Å². The Labute approximate surface area is 111 Å². The minimum atomic E-state index is 0.600. The maximum atomic E-state index is 5.26. The van der Waals surface area contributed by atoms with Crippen molar-refractivity contribution in [2.45, 2.75) is 0 Å². The van der Waals surface area contributed by atoms with E-state index in [1.54, 1.807) is 10.7 Å². The molecule has 3 nitrogen and oxygen atoms in total. The summed E-state index contributed by atoms with van der Waals surface area (Å²) in [5.41, 5.74) is 3.07. The van der Waals surface area contributed by atoms with Crippen molar-refractivity contribution >= 4 is 33.7 Å². The van der Waals surface area contributed by atoms with E-state index in [1.165, 1.54) is 0 Å². The van der Waals surface area contributed by atoms with Crippen LogP contribution in [0.3, 0.4) is 0 Å². The molecule has 3 aromatic rings. The molecule has 0 atom stereocenters. The number of fused-ring (bicyclic) bond motifs is 1. The summed E-state index contributed by atoms with van der Waals surface area (Å²) in [4.78, 5) is 3.17. The van der Waals surface area contributed by atoms with Crippen LogP contribution < -0.4 is 0 Å². The number of rotatable bonds is 1. The smallest absolute Gasteiger partial charge is 0.199 e. The molecule has 0 unspecified atom stereocenters. The van der Waals surface area contributed by atoms with Gasteiger partial charge in [-0.25, -0.2) is 4.52 Å². The Morgan fingerprint density at radius 1 is 1.24 bits per heavy atom. The van der Waals surface area contributed by atoms with Gasteiger partial charge in [-0.1, -0.05) is 28.1 Å². The van der Waals surface area contributed by atoms with Crippen LogP contribution in [0.2, 0.25) is 0 Å². The van der Waals surface area contributed by atoms with Crippen molar-refractivity contribution < 1.29 is 0 Å². The van der Waals surface area contributed by atoms with Crippen LogP contribution in [0.1, 0.15) is 0 Å². The van der Waals surface area contributed by atoms with Gasteiger partial charge in [-0.15, -0.1) is 0 Å². The SMILES string of the molecule is S=c1[nH]c(-c2cccc(Br)c2)cc2ccnn12. The largest absolute Gasteiger partial charge is 0.330 e. The van der Waals surface area contributed by atoms with E-state index in [-0.39, 0.29) is 0 Å². The Kier molecular flexibility index (Phi) is 2.57. The summed E-state index contributed by atoms with van der Waals surface area (Å²) >= 11 is 8.72. The van der Waals surface area contributed by atoms with E-state index in [0.717, 1.165) is 21.2 Å². The average molecular weight is 306 g/mol. The highest BCUT2D eigenvalue weighted by Crippen LogP contribution is 2.22. The number of halogens is 1. The van der Waals surface area contributed by atoms with Gasteiger partial charge in [0, 0.05) is 10.2 Å². The number of H-pyrrole nitrogens is 1. The second-order valence-electron chi connectivity index (χ2n) is 3.67. The van der Waals surface area contributed by atoms with Crippen LogP contribution in [0.25, 0.3) is 16.8 Å². The van der Waals surface area contributed by atoms with E-state index in [0.29, 0.717) is 4.77 Å². The van der Waals surface area contributed by atoms with Crippen molar-refractivity contribution in [2.75, 3.05) is 0 Å². The Balaban J connectivity index is 2.27. The summed E-state index contributed by atoms with van der Waals surface area (Å²) in [6.07, 6.45) is 1.74. The van der Waals surface area contributed by atoms with Gasteiger partial charge in [-0.3, -0.25) is 0 Å². The van der Waals surface area contributed by atoms with E-state index in [1.807, 2.05) is 36.4 Å². The Morgan fingerprint density at radius 2 is 2.12 bits per heavy atom. The van der Waals surface area contributed by atoms with E-state index in [2.05, 4.69) is 26.0 Å². The molecule has 2 heterocycles. The molecule has 5 heteroatoms. The molecule has 2 aromatic heterocycles. The molecule has 0 radical (unpaired) electrons. The first-order valence-electron chi connectivity index (χ1n) is 5.07. The predicted molar refractivity (Wildman–Crippen MR) is 73.5 cm³/mol. The first-order chi connectivity index (χ1) is 8.24. The lowest BCUT2D eigenvalue weighted by atomic mass is 10.1. The maximum Gasteiger partial charge on any atom is 0.199 e. The van der Waals surface area contributed by atoms with Crippen LogP contribution in [0.15, 0.2) is 47.1 Å². The zero-order valence-corrected chi connectivity index (χ0v) is 11.1. The summed E-state index contributed by atoms with van der Waals surface area (Å²) < 4.78 is 3.35. The lowest BCUT2D eigenvalue weighted by molar-refractivity contribution is 0.904. The third-order valence-electron chi connectivity index (χ3n) is 2.53. The molecule has 0 spiro atoms. The fourth-order valence-electron chi connectivity index (χ4n) is 1.76. The van der Waals surface area contributed by atoms with Crippen molar-refractivity contribution in [3.05, 3.63) is 51.8 Å². The molecule has 1 N–H and O–H groups in total.